The first-order valence-corrected chi connectivity index (χ1v) is 12.6. The highest BCUT2D eigenvalue weighted by Crippen LogP contribution is 2.62. The number of carbonyl (C=O) groups excluding carboxylic acids is 2. The van der Waals surface area contributed by atoms with E-state index in [0.717, 1.165) is 5.39 Å². The van der Waals surface area contributed by atoms with Crippen molar-refractivity contribution in [3.05, 3.63) is 70.2 Å². The number of amides is 2. The van der Waals surface area contributed by atoms with Crippen molar-refractivity contribution < 1.29 is 19.1 Å². The number of ether oxygens (including phenoxy) is 2. The van der Waals surface area contributed by atoms with Gasteiger partial charge in [-0.15, -0.1) is 0 Å². The molecule has 2 bridgehead atoms. The van der Waals surface area contributed by atoms with Crippen LogP contribution in [0.3, 0.4) is 0 Å². The number of halogens is 2. The van der Waals surface area contributed by atoms with E-state index in [1.807, 2.05) is 37.3 Å². The van der Waals surface area contributed by atoms with Gasteiger partial charge in [-0.25, -0.2) is 4.90 Å². The topological polar surface area (TPSA) is 79.6 Å². The molecular formula is C28H22Cl2N2O4. The Balaban J connectivity index is 1.33. The molecule has 3 aromatic rings. The number of anilines is 1. The Morgan fingerprint density at radius 2 is 1.78 bits per heavy atom. The molecule has 3 aliphatic rings. The summed E-state index contributed by atoms with van der Waals surface area (Å²) in [7, 11) is 0. The second-order valence-electron chi connectivity index (χ2n) is 9.94. The Hall–Kier alpha value is -3.11. The van der Waals surface area contributed by atoms with Crippen molar-refractivity contribution in [1.29, 1.82) is 5.26 Å². The van der Waals surface area contributed by atoms with Crippen LogP contribution in [0.2, 0.25) is 10.0 Å². The first-order chi connectivity index (χ1) is 17.3. The van der Waals surface area contributed by atoms with Crippen LogP contribution >= 0.6 is 23.2 Å². The van der Waals surface area contributed by atoms with Crippen LogP contribution in [0, 0.1) is 23.2 Å². The molecule has 0 spiro atoms. The summed E-state index contributed by atoms with van der Waals surface area (Å²) >= 11 is 12.2. The molecule has 0 saturated carbocycles. The molecule has 8 heteroatoms. The largest absolute Gasteiger partial charge is 0.493 e. The van der Waals surface area contributed by atoms with Crippen molar-refractivity contribution in [2.45, 2.75) is 37.4 Å². The zero-order chi connectivity index (χ0) is 25.2. The summed E-state index contributed by atoms with van der Waals surface area (Å²) in [4.78, 5) is 28.9. The van der Waals surface area contributed by atoms with Crippen LogP contribution in [0.15, 0.2) is 54.6 Å². The second kappa shape index (κ2) is 8.21. The number of hydrogen-bond acceptors (Lipinski definition) is 5. The van der Waals surface area contributed by atoms with Crippen LogP contribution < -0.4 is 9.64 Å². The van der Waals surface area contributed by atoms with E-state index in [4.69, 9.17) is 32.7 Å². The molecule has 6 rings (SSSR count). The van der Waals surface area contributed by atoms with E-state index in [9.17, 15) is 14.9 Å². The number of nitrogens with zero attached hydrogens (tertiary/aromatic N) is 2. The summed E-state index contributed by atoms with van der Waals surface area (Å²) in [5.41, 5.74) is -0.894. The van der Waals surface area contributed by atoms with Crippen molar-refractivity contribution in [1.82, 2.24) is 0 Å². The molecule has 3 saturated heterocycles. The molecule has 6 nitrogen and oxygen atoms in total. The van der Waals surface area contributed by atoms with E-state index in [1.54, 1.807) is 24.3 Å². The minimum absolute atomic E-state index is 0.275. The van der Waals surface area contributed by atoms with Gasteiger partial charge in [-0.2, -0.15) is 5.26 Å². The maximum absolute atomic E-state index is 13.9. The van der Waals surface area contributed by atoms with Gasteiger partial charge >= 0.3 is 0 Å². The predicted molar refractivity (Wildman–Crippen MR) is 136 cm³/mol. The first-order valence-electron chi connectivity index (χ1n) is 11.9. The summed E-state index contributed by atoms with van der Waals surface area (Å²) in [6, 6.07) is 18.2. The van der Waals surface area contributed by atoms with Gasteiger partial charge in [0.2, 0.25) is 11.8 Å². The highest BCUT2D eigenvalue weighted by atomic mass is 35.5. The molecule has 4 atom stereocenters. The minimum Gasteiger partial charge on any atom is -0.493 e. The van der Waals surface area contributed by atoms with Gasteiger partial charge in [-0.3, -0.25) is 9.59 Å². The van der Waals surface area contributed by atoms with Gasteiger partial charge < -0.3 is 9.47 Å². The molecule has 0 radical (unpaired) electrons. The fourth-order valence-corrected chi connectivity index (χ4v) is 6.87. The maximum Gasteiger partial charge on any atom is 0.240 e. The average Bonchev–Trinajstić information content (AvgIpc) is 3.42. The Labute approximate surface area is 218 Å². The van der Waals surface area contributed by atoms with Gasteiger partial charge in [0.1, 0.15) is 11.8 Å². The standard InChI is InChI=1S/C28H22Cl2N2O4/c1-27-8-9-28(36-27,10-11-35-19-13-17(29)12-18(30)14-19)24-23(27)25(33)32(26(24)34)22-7-6-16-4-2-3-5-20(16)21(22)15-31/h2-7,12-14,23-24H,8-11H2,1H3. The zero-order valence-corrected chi connectivity index (χ0v) is 21.0. The smallest absolute Gasteiger partial charge is 0.240 e. The average molecular weight is 521 g/mol. The van der Waals surface area contributed by atoms with E-state index in [-0.39, 0.29) is 18.4 Å². The van der Waals surface area contributed by atoms with Gasteiger partial charge in [0.05, 0.1) is 40.9 Å². The maximum atomic E-state index is 13.9. The quantitative estimate of drug-likeness (QED) is 0.390. The lowest BCUT2D eigenvalue weighted by Gasteiger charge is -2.31. The monoisotopic (exact) mass is 520 g/mol. The highest BCUT2D eigenvalue weighted by molar-refractivity contribution is 6.34. The lowest BCUT2D eigenvalue weighted by molar-refractivity contribution is -0.131. The molecule has 0 aromatic heterocycles. The SMILES string of the molecule is CC12CCC(CCOc3cc(Cl)cc(Cl)c3)(O1)C1C(=O)N(c3ccc4ccccc4c3C#N)C(=O)C12. The van der Waals surface area contributed by atoms with Gasteiger partial charge in [-0.1, -0.05) is 53.5 Å². The van der Waals surface area contributed by atoms with Crippen molar-refractivity contribution >= 4 is 51.5 Å². The van der Waals surface area contributed by atoms with Crippen molar-refractivity contribution in [2.24, 2.45) is 11.8 Å². The molecule has 3 fully saturated rings. The Kier molecular flexibility index (Phi) is 5.31. The van der Waals surface area contributed by atoms with E-state index in [0.29, 0.717) is 51.7 Å². The van der Waals surface area contributed by atoms with Crippen LogP contribution in [0.4, 0.5) is 5.69 Å². The van der Waals surface area contributed by atoms with Gasteiger partial charge in [0.25, 0.3) is 0 Å². The number of nitriles is 1. The number of rotatable bonds is 5. The van der Waals surface area contributed by atoms with Crippen LogP contribution in [-0.4, -0.2) is 29.6 Å². The van der Waals surface area contributed by atoms with Gasteiger partial charge in [-0.05, 0) is 49.4 Å². The first kappa shape index (κ1) is 23.3. The second-order valence-corrected chi connectivity index (χ2v) is 10.8. The summed E-state index contributed by atoms with van der Waals surface area (Å²) in [6.07, 6.45) is 1.76. The van der Waals surface area contributed by atoms with Gasteiger partial charge in [0.15, 0.2) is 0 Å². The molecule has 0 aliphatic carbocycles. The molecule has 4 unspecified atom stereocenters. The normalized spacial score (nSPS) is 28.6. The summed E-state index contributed by atoms with van der Waals surface area (Å²) < 4.78 is 12.4. The molecule has 36 heavy (non-hydrogen) atoms. The minimum atomic E-state index is -0.813. The molecule has 3 aliphatic heterocycles. The van der Waals surface area contributed by atoms with E-state index in [2.05, 4.69) is 6.07 Å². The highest BCUT2D eigenvalue weighted by Gasteiger charge is 2.74. The summed E-state index contributed by atoms with van der Waals surface area (Å²) in [5.74, 6) is -1.32. The fourth-order valence-electron chi connectivity index (χ4n) is 6.36. The number of benzene rings is 3. The fraction of sp³-hybridized carbons (Fsp3) is 0.321. The predicted octanol–water partition coefficient (Wildman–Crippen LogP) is 5.91. The number of hydrogen-bond donors (Lipinski definition) is 0. The Morgan fingerprint density at radius 3 is 2.53 bits per heavy atom. The molecule has 3 aromatic carbocycles. The summed E-state index contributed by atoms with van der Waals surface area (Å²) in [5, 5.41) is 12.5. The van der Waals surface area contributed by atoms with Crippen molar-refractivity contribution in [2.75, 3.05) is 11.5 Å². The number of fused-ring (bicyclic) bond motifs is 6. The van der Waals surface area contributed by atoms with E-state index >= 15 is 0 Å². The number of imide groups is 1. The van der Waals surface area contributed by atoms with Crippen molar-refractivity contribution in [3.63, 3.8) is 0 Å². The zero-order valence-electron chi connectivity index (χ0n) is 19.5. The van der Waals surface area contributed by atoms with Crippen LogP contribution in [-0.2, 0) is 14.3 Å². The van der Waals surface area contributed by atoms with Crippen LogP contribution in [0.25, 0.3) is 10.8 Å². The molecule has 182 valence electrons. The van der Waals surface area contributed by atoms with Crippen molar-refractivity contribution in [3.8, 4) is 11.8 Å². The molecule has 3 heterocycles. The van der Waals surface area contributed by atoms with Crippen LogP contribution in [0.5, 0.6) is 5.75 Å². The Bertz CT molecular complexity index is 1460. The third-order valence-electron chi connectivity index (χ3n) is 7.90. The molecule has 2 amide bonds. The van der Waals surface area contributed by atoms with Crippen LogP contribution in [0.1, 0.15) is 31.7 Å². The van der Waals surface area contributed by atoms with Gasteiger partial charge in [0, 0.05) is 21.9 Å². The Morgan fingerprint density at radius 1 is 1.06 bits per heavy atom. The van der Waals surface area contributed by atoms with E-state index in [1.165, 1.54) is 4.90 Å². The molecular weight excluding hydrogens is 499 g/mol. The third kappa shape index (κ3) is 3.34. The van der Waals surface area contributed by atoms with E-state index < -0.39 is 23.0 Å². The lowest BCUT2D eigenvalue weighted by atomic mass is 9.67. The summed E-state index contributed by atoms with van der Waals surface area (Å²) in [6.45, 7) is 2.19. The third-order valence-corrected chi connectivity index (χ3v) is 8.34. The molecule has 0 N–H and O–H groups in total. The number of carbonyl (C=O) groups is 2. The lowest BCUT2D eigenvalue weighted by Crippen LogP contribution is -2.43.